The summed E-state index contributed by atoms with van der Waals surface area (Å²) >= 11 is 1.59. The van der Waals surface area contributed by atoms with E-state index in [0.717, 1.165) is 5.75 Å². The van der Waals surface area contributed by atoms with Crippen molar-refractivity contribution >= 4 is 39.2 Å². The Hall–Kier alpha value is -2.84. The fraction of sp³-hybridized carbons (Fsp3) is 0.182. The molecule has 1 unspecified atom stereocenters. The predicted octanol–water partition coefficient (Wildman–Crippen LogP) is 4.53. The van der Waals surface area contributed by atoms with Crippen LogP contribution in [0.2, 0.25) is 0 Å². The summed E-state index contributed by atoms with van der Waals surface area (Å²) in [5.41, 5.74) is 1.72. The van der Waals surface area contributed by atoms with Gasteiger partial charge in [-0.25, -0.2) is 13.4 Å². The number of thioether (sulfide) groups is 1. The molecule has 8 heteroatoms. The topological polar surface area (TPSA) is 88.2 Å². The largest absolute Gasteiger partial charge is 0.325 e. The molecule has 2 aromatic carbocycles. The highest BCUT2D eigenvalue weighted by Gasteiger charge is 2.18. The van der Waals surface area contributed by atoms with Gasteiger partial charge in [-0.2, -0.15) is 0 Å². The molecule has 1 amide bonds. The maximum absolute atomic E-state index is 12.6. The number of hydrogen-bond acceptors (Lipinski definition) is 5. The zero-order valence-electron chi connectivity index (χ0n) is 16.5. The molecule has 0 aliphatic rings. The fourth-order valence-electron chi connectivity index (χ4n) is 2.71. The van der Waals surface area contributed by atoms with Gasteiger partial charge in [-0.1, -0.05) is 43.3 Å². The van der Waals surface area contributed by atoms with Crippen LogP contribution in [0.15, 0.2) is 83.9 Å². The zero-order chi connectivity index (χ0) is 21.4. The molecule has 0 aliphatic heterocycles. The normalized spacial score (nSPS) is 12.2. The molecular formula is C22H23N3O3S2. The van der Waals surface area contributed by atoms with Crippen molar-refractivity contribution in [2.45, 2.75) is 29.2 Å². The minimum absolute atomic E-state index is 0.0941. The number of nitrogens with one attached hydrogen (secondary N) is 2. The summed E-state index contributed by atoms with van der Waals surface area (Å²) in [6.45, 7) is 1.97. The molecule has 0 aliphatic carbocycles. The lowest BCUT2D eigenvalue weighted by Gasteiger charge is -2.15. The average molecular weight is 442 g/mol. The van der Waals surface area contributed by atoms with E-state index >= 15 is 0 Å². The lowest BCUT2D eigenvalue weighted by Crippen LogP contribution is -2.24. The van der Waals surface area contributed by atoms with Crippen LogP contribution in [0, 0.1) is 0 Å². The molecule has 3 rings (SSSR count). The van der Waals surface area contributed by atoms with Crippen molar-refractivity contribution in [3.63, 3.8) is 0 Å². The number of nitrogens with zero attached hydrogens (tertiary/aromatic N) is 1. The van der Waals surface area contributed by atoms with E-state index in [1.807, 2.05) is 37.3 Å². The third kappa shape index (κ3) is 6.08. The molecule has 1 atom stereocenters. The van der Waals surface area contributed by atoms with Crippen LogP contribution < -0.4 is 10.0 Å². The van der Waals surface area contributed by atoms with Crippen LogP contribution in [-0.4, -0.2) is 24.6 Å². The van der Waals surface area contributed by atoms with Gasteiger partial charge in [0.1, 0.15) is 5.82 Å². The van der Waals surface area contributed by atoms with E-state index in [0.29, 0.717) is 12.1 Å². The number of rotatable bonds is 9. The fourth-order valence-corrected chi connectivity index (χ4v) is 4.75. The van der Waals surface area contributed by atoms with Crippen molar-refractivity contribution in [3.05, 3.63) is 84.6 Å². The van der Waals surface area contributed by atoms with Crippen molar-refractivity contribution in [1.29, 1.82) is 0 Å². The van der Waals surface area contributed by atoms with E-state index in [-0.39, 0.29) is 21.9 Å². The van der Waals surface area contributed by atoms with E-state index in [4.69, 9.17) is 0 Å². The Morgan fingerprint density at radius 2 is 1.70 bits per heavy atom. The Labute approximate surface area is 181 Å². The van der Waals surface area contributed by atoms with E-state index in [9.17, 15) is 13.2 Å². The third-order valence-electron chi connectivity index (χ3n) is 4.29. The summed E-state index contributed by atoms with van der Waals surface area (Å²) in [7, 11) is -3.75. The zero-order valence-corrected chi connectivity index (χ0v) is 18.1. The van der Waals surface area contributed by atoms with Crippen LogP contribution in [0.4, 0.5) is 11.5 Å². The maximum Gasteiger partial charge on any atom is 0.263 e. The first-order valence-electron chi connectivity index (χ1n) is 9.48. The predicted molar refractivity (Wildman–Crippen MR) is 122 cm³/mol. The minimum Gasteiger partial charge on any atom is -0.325 e. The van der Waals surface area contributed by atoms with Crippen molar-refractivity contribution in [1.82, 2.24) is 4.98 Å². The van der Waals surface area contributed by atoms with Crippen LogP contribution in [0.25, 0.3) is 0 Å². The molecule has 0 radical (unpaired) electrons. The number of aromatic nitrogens is 1. The van der Waals surface area contributed by atoms with E-state index < -0.39 is 10.0 Å². The molecule has 0 fully saturated rings. The van der Waals surface area contributed by atoms with Crippen LogP contribution in [0.1, 0.15) is 18.9 Å². The van der Waals surface area contributed by atoms with E-state index in [2.05, 4.69) is 15.0 Å². The number of carbonyl (C=O) groups is 1. The smallest absolute Gasteiger partial charge is 0.263 e. The standard InChI is InChI=1S/C22H23N3O3S2/c1-2-20(29-16-17-8-4-3-5-9-17)22(26)24-18-11-13-19(14-12-18)30(27,28)25-21-10-6-7-15-23-21/h3-15,20H,2,16H2,1H3,(H,23,25)(H,24,26). The van der Waals surface area contributed by atoms with Crippen LogP contribution in [0.5, 0.6) is 0 Å². The minimum atomic E-state index is -3.75. The second-order valence-electron chi connectivity index (χ2n) is 6.53. The highest BCUT2D eigenvalue weighted by molar-refractivity contribution is 7.99. The SMILES string of the molecule is CCC(SCc1ccccc1)C(=O)Nc1ccc(S(=O)(=O)Nc2ccccn2)cc1. The van der Waals surface area contributed by atoms with Gasteiger partial charge < -0.3 is 5.32 Å². The van der Waals surface area contributed by atoms with Crippen molar-refractivity contribution in [2.75, 3.05) is 10.0 Å². The molecule has 1 heterocycles. The molecule has 2 N–H and O–H groups in total. The Morgan fingerprint density at radius 3 is 2.33 bits per heavy atom. The van der Waals surface area contributed by atoms with E-state index in [1.165, 1.54) is 23.9 Å². The quantitative estimate of drug-likeness (QED) is 0.509. The van der Waals surface area contributed by atoms with Gasteiger partial charge >= 0.3 is 0 Å². The number of pyridine rings is 1. The summed E-state index contributed by atoms with van der Waals surface area (Å²) in [4.78, 5) is 16.7. The van der Waals surface area contributed by atoms with Gasteiger partial charge in [-0.3, -0.25) is 9.52 Å². The van der Waals surface area contributed by atoms with Gasteiger partial charge in [-0.05, 0) is 48.4 Å². The summed E-state index contributed by atoms with van der Waals surface area (Å²) in [6, 6.07) is 21.1. The molecule has 6 nitrogen and oxygen atoms in total. The molecule has 0 saturated heterocycles. The Balaban J connectivity index is 1.60. The van der Waals surface area contributed by atoms with Gasteiger partial charge in [0.05, 0.1) is 10.1 Å². The number of anilines is 2. The van der Waals surface area contributed by atoms with E-state index in [1.54, 1.807) is 42.1 Å². The molecule has 0 bridgehead atoms. The molecule has 156 valence electrons. The summed E-state index contributed by atoms with van der Waals surface area (Å²) in [5.74, 6) is 0.903. The molecule has 30 heavy (non-hydrogen) atoms. The number of sulfonamides is 1. The monoisotopic (exact) mass is 441 g/mol. The van der Waals surface area contributed by atoms with Crippen LogP contribution in [-0.2, 0) is 20.6 Å². The van der Waals surface area contributed by atoms with Crippen molar-refractivity contribution in [2.24, 2.45) is 0 Å². The highest BCUT2D eigenvalue weighted by Crippen LogP contribution is 2.23. The number of amides is 1. The molecule has 3 aromatic rings. The van der Waals surface area contributed by atoms with Gasteiger partial charge in [0.2, 0.25) is 5.91 Å². The summed E-state index contributed by atoms with van der Waals surface area (Å²) < 4.78 is 27.4. The maximum atomic E-state index is 12.6. The number of benzene rings is 2. The lowest BCUT2D eigenvalue weighted by atomic mass is 10.2. The Kier molecular flexibility index (Phi) is 7.48. The Bertz CT molecular complexity index is 1060. The second-order valence-corrected chi connectivity index (χ2v) is 9.40. The van der Waals surface area contributed by atoms with Crippen LogP contribution >= 0.6 is 11.8 Å². The molecule has 1 aromatic heterocycles. The lowest BCUT2D eigenvalue weighted by molar-refractivity contribution is -0.115. The second kappa shape index (κ2) is 10.3. The number of carbonyl (C=O) groups excluding carboxylic acids is 1. The van der Waals surface area contributed by atoms with Gasteiger partial charge in [0.15, 0.2) is 0 Å². The van der Waals surface area contributed by atoms with Crippen LogP contribution in [0.3, 0.4) is 0 Å². The van der Waals surface area contributed by atoms with Gasteiger partial charge in [0.25, 0.3) is 10.0 Å². The number of hydrogen-bond donors (Lipinski definition) is 2. The average Bonchev–Trinajstić information content (AvgIpc) is 2.76. The molecule has 0 spiro atoms. The van der Waals surface area contributed by atoms with Gasteiger partial charge in [-0.15, -0.1) is 11.8 Å². The van der Waals surface area contributed by atoms with Crippen molar-refractivity contribution in [3.8, 4) is 0 Å². The first kappa shape index (κ1) is 21.9. The molecule has 0 saturated carbocycles. The highest BCUT2D eigenvalue weighted by atomic mass is 32.2. The summed E-state index contributed by atoms with van der Waals surface area (Å²) in [5, 5.41) is 2.68. The Morgan fingerprint density at radius 1 is 1.00 bits per heavy atom. The first-order chi connectivity index (χ1) is 14.5. The van der Waals surface area contributed by atoms with Crippen molar-refractivity contribution < 1.29 is 13.2 Å². The first-order valence-corrected chi connectivity index (χ1v) is 12.0. The van der Waals surface area contributed by atoms with Gasteiger partial charge in [0, 0.05) is 17.6 Å². The molecular weight excluding hydrogens is 418 g/mol. The third-order valence-corrected chi connectivity index (χ3v) is 7.11. The summed E-state index contributed by atoms with van der Waals surface area (Å²) in [6.07, 6.45) is 2.21.